The van der Waals surface area contributed by atoms with Crippen molar-refractivity contribution in [2.45, 2.75) is 49.0 Å². The van der Waals surface area contributed by atoms with E-state index < -0.39 is 111 Å². The number of carboxylic acid groups (broad SMARTS) is 3. The van der Waals surface area contributed by atoms with Crippen LogP contribution < -0.4 is 5.73 Å². The van der Waals surface area contributed by atoms with Crippen LogP contribution >= 0.6 is 0 Å². The molecule has 0 spiro atoms. The van der Waals surface area contributed by atoms with Crippen molar-refractivity contribution in [3.8, 4) is 5.75 Å². The van der Waals surface area contributed by atoms with Gasteiger partial charge in [0.1, 0.15) is 22.8 Å². The highest BCUT2D eigenvalue weighted by atomic mass is 16.4. The van der Waals surface area contributed by atoms with Gasteiger partial charge < -0.3 is 51.7 Å². The molecule has 1 amide bonds. The molecule has 1 aromatic carbocycles. The van der Waals surface area contributed by atoms with Gasteiger partial charge in [-0.05, 0) is 39.1 Å². The average molecular weight is 637 g/mol. The number of carbonyl (C=O) groups excluding carboxylic acids is 3. The van der Waals surface area contributed by atoms with Crippen molar-refractivity contribution in [1.29, 1.82) is 0 Å². The van der Waals surface area contributed by atoms with Crippen molar-refractivity contribution >= 4 is 41.1 Å². The lowest BCUT2D eigenvalue weighted by Gasteiger charge is -2.53. The Morgan fingerprint density at radius 3 is 1.98 bits per heavy atom. The van der Waals surface area contributed by atoms with Gasteiger partial charge in [-0.2, -0.15) is 0 Å². The third-order valence-corrected chi connectivity index (χ3v) is 8.31. The minimum Gasteiger partial charge on any atom is -0.508 e. The maximum Gasteiger partial charge on any atom is 0.336 e. The number of aliphatic hydroxyl groups excluding tert-OH is 2. The van der Waals surface area contributed by atoms with Gasteiger partial charge in [0.2, 0.25) is 5.78 Å². The number of fused-ring (bicyclic) bond motifs is 3. The zero-order chi connectivity index (χ0) is 34.6. The van der Waals surface area contributed by atoms with Gasteiger partial charge in [-0.15, -0.1) is 0 Å². The Hall–Kier alpha value is -4.84. The highest BCUT2D eigenvalue weighted by molar-refractivity contribution is 6.24. The summed E-state index contributed by atoms with van der Waals surface area (Å²) in [6.07, 6.45) is -2.49. The summed E-state index contributed by atoms with van der Waals surface area (Å²) in [6, 6.07) is 3.02. The Labute approximate surface area is 253 Å². The first-order valence-corrected chi connectivity index (χ1v) is 13.1. The minimum atomic E-state index is -2.75. The first kappa shape index (κ1) is 34.6. The SMILES string of the molecule is CN(C)C1C(=O)C(C(N)=O)=C(O)C2(O)C(=O)C3=C(O)c4c(O)cccc4C(C)(O)C3CC12.O=C(O)CC(O)(CC(=O)O)C(=O)O. The third-order valence-electron chi connectivity index (χ3n) is 8.31. The van der Waals surface area contributed by atoms with Gasteiger partial charge in [-0.3, -0.25) is 28.9 Å². The number of phenolic OH excluding ortho intramolecular Hbond substituents is 1. The largest absolute Gasteiger partial charge is 0.508 e. The number of nitrogens with zero attached hydrogens (tertiary/aromatic N) is 1. The van der Waals surface area contributed by atoms with E-state index in [2.05, 4.69) is 0 Å². The molecule has 5 unspecified atom stereocenters. The van der Waals surface area contributed by atoms with Gasteiger partial charge in [0.05, 0.1) is 30.0 Å². The number of nitrogens with two attached hydrogens (primary N) is 1. The summed E-state index contributed by atoms with van der Waals surface area (Å²) < 4.78 is 0. The Morgan fingerprint density at radius 2 is 1.53 bits per heavy atom. The second kappa shape index (κ2) is 11.6. The van der Waals surface area contributed by atoms with Crippen molar-refractivity contribution < 1.29 is 74.7 Å². The van der Waals surface area contributed by atoms with Crippen molar-refractivity contribution in [3.63, 3.8) is 0 Å². The molecule has 1 fully saturated rings. The summed E-state index contributed by atoms with van der Waals surface area (Å²) in [5.41, 5.74) is -3.29. The molecule has 5 atom stereocenters. The Kier molecular flexibility index (Phi) is 8.92. The number of carboxylic acids is 3. The predicted molar refractivity (Wildman–Crippen MR) is 147 cm³/mol. The van der Waals surface area contributed by atoms with E-state index in [0.29, 0.717) is 0 Å². The van der Waals surface area contributed by atoms with Crippen LogP contribution in [0.5, 0.6) is 5.75 Å². The highest BCUT2D eigenvalue weighted by Crippen LogP contribution is 2.57. The van der Waals surface area contributed by atoms with Crippen LogP contribution in [0.25, 0.3) is 5.76 Å². The van der Waals surface area contributed by atoms with Crippen LogP contribution in [-0.4, -0.2) is 118 Å². The van der Waals surface area contributed by atoms with Crippen LogP contribution in [0.15, 0.2) is 35.1 Å². The van der Waals surface area contributed by atoms with Gasteiger partial charge in [-0.25, -0.2) is 4.79 Å². The average Bonchev–Trinajstić information content (AvgIpc) is 2.88. The molecule has 17 nitrogen and oxygen atoms in total. The number of benzene rings is 1. The lowest BCUT2D eigenvalue weighted by atomic mass is 9.54. The number of likely N-dealkylation sites (N-methyl/N-ethyl adjacent to an activating group) is 1. The molecule has 3 aliphatic rings. The second-order valence-corrected chi connectivity index (χ2v) is 11.4. The number of rotatable bonds is 7. The molecule has 11 N–H and O–H groups in total. The zero-order valence-electron chi connectivity index (χ0n) is 24.1. The maximum atomic E-state index is 13.7. The van der Waals surface area contributed by atoms with E-state index in [1.807, 2.05) is 0 Å². The number of aliphatic carboxylic acids is 3. The highest BCUT2D eigenvalue weighted by Gasteiger charge is 2.66. The van der Waals surface area contributed by atoms with Gasteiger partial charge in [0.15, 0.2) is 17.0 Å². The van der Waals surface area contributed by atoms with Gasteiger partial charge >= 0.3 is 17.9 Å². The molecule has 0 radical (unpaired) electrons. The van der Waals surface area contributed by atoms with E-state index in [9.17, 15) is 54.3 Å². The second-order valence-electron chi connectivity index (χ2n) is 11.4. The quantitative estimate of drug-likeness (QED) is 0.150. The first-order chi connectivity index (χ1) is 20.5. The molecule has 1 saturated carbocycles. The van der Waals surface area contributed by atoms with Gasteiger partial charge in [-0.1, -0.05) is 12.1 Å². The van der Waals surface area contributed by atoms with E-state index in [-0.39, 0.29) is 17.5 Å². The topological polar surface area (TPSA) is 314 Å². The summed E-state index contributed by atoms with van der Waals surface area (Å²) >= 11 is 0. The van der Waals surface area contributed by atoms with Crippen molar-refractivity contribution in [2.75, 3.05) is 14.1 Å². The summed E-state index contributed by atoms with van der Waals surface area (Å²) in [4.78, 5) is 70.5. The summed E-state index contributed by atoms with van der Waals surface area (Å²) in [5.74, 6) is -12.9. The lowest BCUT2D eigenvalue weighted by molar-refractivity contribution is -0.170. The standard InChI is InChI=1S/C22H24N2O8.C6H8O7/c1-21(31)8-5-4-6-11(25)12(8)16(26)13-9(21)7-10-15(24(2)3)17(27)14(20(23)30)19(29)22(10,32)18(13)28;7-3(8)1-6(13,5(11)12)2-4(9)10/h4-6,9-10,15,25-26,29,31-32H,7H2,1-3H3,(H2,23,30);13H,1-2H2,(H,7,8)(H,9,10)(H,11,12). The van der Waals surface area contributed by atoms with Crippen LogP contribution in [0.3, 0.4) is 0 Å². The van der Waals surface area contributed by atoms with Crippen molar-refractivity contribution in [1.82, 2.24) is 4.90 Å². The van der Waals surface area contributed by atoms with Crippen molar-refractivity contribution in [3.05, 3.63) is 46.2 Å². The molecule has 0 aromatic heterocycles. The number of aromatic hydroxyl groups is 1. The molecule has 0 heterocycles. The number of primary amides is 1. The van der Waals surface area contributed by atoms with Crippen molar-refractivity contribution in [2.24, 2.45) is 17.6 Å². The van der Waals surface area contributed by atoms with Gasteiger partial charge in [0.25, 0.3) is 5.91 Å². The fraction of sp³-hybridized carbons (Fsp3) is 0.429. The first-order valence-electron chi connectivity index (χ1n) is 13.1. The summed E-state index contributed by atoms with van der Waals surface area (Å²) in [6.45, 7) is 1.40. The molecular weight excluding hydrogens is 604 g/mol. The Bertz CT molecular complexity index is 1560. The van der Waals surface area contributed by atoms with Gasteiger partial charge in [0, 0.05) is 17.4 Å². The van der Waals surface area contributed by atoms with E-state index >= 15 is 0 Å². The van der Waals surface area contributed by atoms with Crippen LogP contribution in [0.1, 0.15) is 37.3 Å². The Morgan fingerprint density at radius 1 is 1.00 bits per heavy atom. The normalized spacial score (nSPS) is 27.6. The van der Waals surface area contributed by atoms with E-state index in [1.165, 1.54) is 44.1 Å². The van der Waals surface area contributed by atoms with Crippen LogP contribution in [0.4, 0.5) is 0 Å². The lowest BCUT2D eigenvalue weighted by Crippen LogP contribution is -2.67. The van der Waals surface area contributed by atoms with Crippen LogP contribution in [-0.2, 0) is 34.4 Å². The summed E-state index contributed by atoms with van der Waals surface area (Å²) in [5, 5.41) is 88.7. The number of carbonyl (C=O) groups is 6. The molecule has 0 aliphatic heterocycles. The number of amides is 1. The number of aliphatic hydroxyl groups is 5. The molecule has 0 bridgehead atoms. The molecule has 3 aliphatic carbocycles. The monoisotopic (exact) mass is 636 g/mol. The number of hydrogen-bond donors (Lipinski definition) is 10. The molecular formula is C28H32N2O15. The van der Waals surface area contributed by atoms with Crippen LogP contribution in [0.2, 0.25) is 0 Å². The molecule has 45 heavy (non-hydrogen) atoms. The molecule has 0 saturated heterocycles. The van der Waals surface area contributed by atoms with E-state index in [0.717, 1.165) is 0 Å². The minimum absolute atomic E-state index is 0.170. The smallest absolute Gasteiger partial charge is 0.336 e. The zero-order valence-corrected chi connectivity index (χ0v) is 24.1. The maximum absolute atomic E-state index is 13.7. The van der Waals surface area contributed by atoms with E-state index in [1.54, 1.807) is 0 Å². The number of phenols is 1. The molecule has 244 valence electrons. The fourth-order valence-electron chi connectivity index (χ4n) is 6.22. The fourth-order valence-corrected chi connectivity index (χ4v) is 6.22. The number of hydrogen-bond acceptors (Lipinski definition) is 13. The van der Waals surface area contributed by atoms with Crippen LogP contribution in [0, 0.1) is 11.8 Å². The molecule has 17 heteroatoms. The number of Topliss-reactive ketones (excluding diaryl/α,β-unsaturated/α-hetero) is 2. The third kappa shape index (κ3) is 5.50. The summed E-state index contributed by atoms with van der Waals surface area (Å²) in [7, 11) is 3.01. The molecule has 4 rings (SSSR count). The Balaban J connectivity index is 0.000000360. The predicted octanol–water partition coefficient (Wildman–Crippen LogP) is -1.62. The van der Waals surface area contributed by atoms with E-state index in [4.69, 9.17) is 26.2 Å². The molecule has 1 aromatic rings. The number of ketones is 2.